The maximum Gasteiger partial charge on any atom is 0.124 e. The number of nitrogen functional groups attached to an aromatic ring is 1. The molecule has 1 saturated carbocycles. The van der Waals surface area contributed by atoms with Crippen LogP contribution in [0.25, 0.3) is 0 Å². The molecule has 0 aromatic heterocycles. The summed E-state index contributed by atoms with van der Waals surface area (Å²) in [6.45, 7) is 0.739. The van der Waals surface area contributed by atoms with Crippen molar-refractivity contribution in [3.8, 4) is 0 Å². The molecule has 1 aliphatic rings. The van der Waals surface area contributed by atoms with Crippen molar-refractivity contribution in [3.05, 3.63) is 28.8 Å². The zero-order valence-electron chi connectivity index (χ0n) is 10.9. The summed E-state index contributed by atoms with van der Waals surface area (Å²) >= 11 is 6.17. The van der Waals surface area contributed by atoms with Crippen molar-refractivity contribution in [1.82, 2.24) is 0 Å². The predicted molar refractivity (Wildman–Crippen MR) is 79.2 cm³/mol. The van der Waals surface area contributed by atoms with Crippen molar-refractivity contribution < 1.29 is 5.11 Å². The van der Waals surface area contributed by atoms with E-state index in [1.807, 2.05) is 12.1 Å². The van der Waals surface area contributed by atoms with Crippen LogP contribution in [0, 0.1) is 5.41 Å². The van der Waals surface area contributed by atoms with E-state index >= 15 is 0 Å². The molecule has 0 heterocycles. The van der Waals surface area contributed by atoms with Crippen molar-refractivity contribution in [2.45, 2.75) is 31.7 Å². The average molecular weight is 282 g/mol. The molecule has 104 valence electrons. The molecule has 0 aliphatic heterocycles. The summed E-state index contributed by atoms with van der Waals surface area (Å²) in [4.78, 5) is 2.21. The first kappa shape index (κ1) is 14.2. The van der Waals surface area contributed by atoms with Crippen molar-refractivity contribution in [2.24, 2.45) is 5.73 Å². The van der Waals surface area contributed by atoms with Crippen LogP contribution in [-0.4, -0.2) is 30.1 Å². The second kappa shape index (κ2) is 6.26. The SMILES string of the molecule is N=C(N)c1ccc(N(CCO)C2CCCC2)cc1Cl. The first-order valence-electron chi connectivity index (χ1n) is 6.65. The van der Waals surface area contributed by atoms with Crippen LogP contribution in [0.4, 0.5) is 5.69 Å². The number of amidine groups is 1. The van der Waals surface area contributed by atoms with E-state index in [0.29, 0.717) is 23.2 Å². The number of anilines is 1. The first-order chi connectivity index (χ1) is 9.13. The van der Waals surface area contributed by atoms with E-state index in [0.717, 1.165) is 18.5 Å². The predicted octanol–water partition coefficient (Wildman–Crippen LogP) is 2.37. The Morgan fingerprint density at radius 2 is 2.11 bits per heavy atom. The number of hydrogen-bond donors (Lipinski definition) is 3. The van der Waals surface area contributed by atoms with Crippen LogP contribution < -0.4 is 10.6 Å². The third-order valence-corrected chi connectivity index (χ3v) is 3.99. The summed E-state index contributed by atoms with van der Waals surface area (Å²) in [6.07, 6.45) is 4.80. The third-order valence-electron chi connectivity index (χ3n) is 3.68. The summed E-state index contributed by atoms with van der Waals surface area (Å²) in [5.41, 5.74) is 7.02. The van der Waals surface area contributed by atoms with Crippen LogP contribution >= 0.6 is 11.6 Å². The second-order valence-corrected chi connectivity index (χ2v) is 5.34. The summed E-state index contributed by atoms with van der Waals surface area (Å²) in [5.74, 6) is -0.0221. The van der Waals surface area contributed by atoms with Gasteiger partial charge < -0.3 is 15.7 Å². The summed E-state index contributed by atoms with van der Waals surface area (Å²) in [5, 5.41) is 17.2. The van der Waals surface area contributed by atoms with Crippen LogP contribution in [-0.2, 0) is 0 Å². The lowest BCUT2D eigenvalue weighted by Crippen LogP contribution is -2.35. The molecule has 0 spiro atoms. The zero-order chi connectivity index (χ0) is 13.8. The molecular formula is C14H20ClN3O. The van der Waals surface area contributed by atoms with Crippen LogP contribution in [0.1, 0.15) is 31.2 Å². The number of nitrogens with zero attached hydrogens (tertiary/aromatic N) is 1. The molecule has 0 unspecified atom stereocenters. The van der Waals surface area contributed by atoms with E-state index in [2.05, 4.69) is 4.90 Å². The number of benzene rings is 1. The number of aliphatic hydroxyl groups is 1. The normalized spacial score (nSPS) is 15.7. The molecule has 5 heteroatoms. The summed E-state index contributed by atoms with van der Waals surface area (Å²) < 4.78 is 0. The Labute approximate surface area is 118 Å². The molecule has 1 aliphatic carbocycles. The van der Waals surface area contributed by atoms with Crippen molar-refractivity contribution in [3.63, 3.8) is 0 Å². The molecule has 0 amide bonds. The molecule has 4 N–H and O–H groups in total. The molecule has 1 fully saturated rings. The quantitative estimate of drug-likeness (QED) is 0.573. The molecule has 1 aromatic carbocycles. The Kier molecular flexibility index (Phi) is 4.66. The highest BCUT2D eigenvalue weighted by Gasteiger charge is 2.23. The third kappa shape index (κ3) is 3.19. The number of hydrogen-bond acceptors (Lipinski definition) is 3. The fraction of sp³-hybridized carbons (Fsp3) is 0.500. The van der Waals surface area contributed by atoms with Crippen LogP contribution in [0.5, 0.6) is 0 Å². The highest BCUT2D eigenvalue weighted by molar-refractivity contribution is 6.34. The van der Waals surface area contributed by atoms with Gasteiger partial charge in [-0.3, -0.25) is 5.41 Å². The molecule has 0 radical (unpaired) electrons. The number of nitrogens with two attached hydrogens (primary N) is 1. The van der Waals surface area contributed by atoms with Gasteiger partial charge in [-0.1, -0.05) is 24.4 Å². The van der Waals surface area contributed by atoms with Gasteiger partial charge in [0.15, 0.2) is 0 Å². The molecule has 4 nitrogen and oxygen atoms in total. The molecular weight excluding hydrogens is 262 g/mol. The van der Waals surface area contributed by atoms with Crippen LogP contribution in [0.3, 0.4) is 0 Å². The van der Waals surface area contributed by atoms with Crippen molar-refractivity contribution in [2.75, 3.05) is 18.1 Å². The van der Waals surface area contributed by atoms with Crippen molar-refractivity contribution >= 4 is 23.1 Å². The van der Waals surface area contributed by atoms with Gasteiger partial charge in [0.05, 0.1) is 11.6 Å². The lowest BCUT2D eigenvalue weighted by atomic mass is 10.1. The Morgan fingerprint density at radius 1 is 1.42 bits per heavy atom. The number of aliphatic hydroxyl groups excluding tert-OH is 1. The average Bonchev–Trinajstić information content (AvgIpc) is 2.89. The maximum absolute atomic E-state index is 9.24. The molecule has 0 saturated heterocycles. The Morgan fingerprint density at radius 3 is 2.63 bits per heavy atom. The standard InChI is InChI=1S/C14H20ClN3O/c15-13-9-11(5-6-12(13)14(16)17)18(7-8-19)10-3-1-2-4-10/h5-6,9-10,19H,1-4,7-8H2,(H3,16,17). The topological polar surface area (TPSA) is 73.3 Å². The minimum absolute atomic E-state index is 0.0221. The fourth-order valence-electron chi connectivity index (χ4n) is 2.75. The molecule has 0 atom stereocenters. The lowest BCUT2D eigenvalue weighted by molar-refractivity contribution is 0.297. The van der Waals surface area contributed by atoms with Gasteiger partial charge >= 0.3 is 0 Å². The van der Waals surface area contributed by atoms with Gasteiger partial charge in [0.1, 0.15) is 5.84 Å². The minimum atomic E-state index is -0.0221. The Balaban J connectivity index is 2.26. The molecule has 0 bridgehead atoms. The zero-order valence-corrected chi connectivity index (χ0v) is 11.7. The second-order valence-electron chi connectivity index (χ2n) is 4.93. The van der Waals surface area contributed by atoms with E-state index in [4.69, 9.17) is 22.7 Å². The number of rotatable bonds is 5. The van der Waals surface area contributed by atoms with Gasteiger partial charge in [-0.15, -0.1) is 0 Å². The maximum atomic E-state index is 9.24. The van der Waals surface area contributed by atoms with E-state index in [-0.39, 0.29) is 12.4 Å². The van der Waals surface area contributed by atoms with E-state index in [1.54, 1.807) is 6.07 Å². The summed E-state index contributed by atoms with van der Waals surface area (Å²) in [7, 11) is 0. The van der Waals surface area contributed by atoms with E-state index in [9.17, 15) is 5.11 Å². The monoisotopic (exact) mass is 281 g/mol. The van der Waals surface area contributed by atoms with Gasteiger partial charge in [-0.2, -0.15) is 0 Å². The minimum Gasteiger partial charge on any atom is -0.395 e. The van der Waals surface area contributed by atoms with Crippen LogP contribution in [0.15, 0.2) is 18.2 Å². The van der Waals surface area contributed by atoms with Gasteiger partial charge in [-0.25, -0.2) is 0 Å². The van der Waals surface area contributed by atoms with Crippen molar-refractivity contribution in [1.29, 1.82) is 5.41 Å². The molecule has 1 aromatic rings. The summed E-state index contributed by atoms with van der Waals surface area (Å²) in [6, 6.07) is 6.02. The smallest absolute Gasteiger partial charge is 0.124 e. The lowest BCUT2D eigenvalue weighted by Gasteiger charge is -2.31. The fourth-order valence-corrected chi connectivity index (χ4v) is 3.02. The Bertz CT molecular complexity index is 458. The number of halogens is 1. The largest absolute Gasteiger partial charge is 0.395 e. The van der Waals surface area contributed by atoms with Gasteiger partial charge in [0.25, 0.3) is 0 Å². The Hall–Kier alpha value is -1.26. The molecule has 2 rings (SSSR count). The molecule has 19 heavy (non-hydrogen) atoms. The van der Waals surface area contributed by atoms with Crippen LogP contribution in [0.2, 0.25) is 5.02 Å². The number of nitrogens with one attached hydrogen (secondary N) is 1. The highest BCUT2D eigenvalue weighted by atomic mass is 35.5. The van der Waals surface area contributed by atoms with Gasteiger partial charge in [0, 0.05) is 23.8 Å². The van der Waals surface area contributed by atoms with E-state index in [1.165, 1.54) is 12.8 Å². The van der Waals surface area contributed by atoms with Gasteiger partial charge in [0.2, 0.25) is 0 Å². The van der Waals surface area contributed by atoms with E-state index < -0.39 is 0 Å². The highest BCUT2D eigenvalue weighted by Crippen LogP contribution is 2.30. The first-order valence-corrected chi connectivity index (χ1v) is 7.02. The van der Waals surface area contributed by atoms with Gasteiger partial charge in [-0.05, 0) is 31.0 Å².